The van der Waals surface area contributed by atoms with Gasteiger partial charge < -0.3 is 4.74 Å². The van der Waals surface area contributed by atoms with E-state index in [-0.39, 0.29) is 5.82 Å². The Morgan fingerprint density at radius 2 is 1.50 bits per heavy atom. The van der Waals surface area contributed by atoms with Crippen molar-refractivity contribution in [3.8, 4) is 22.4 Å². The molecule has 0 aliphatic carbocycles. The van der Waals surface area contributed by atoms with Gasteiger partial charge in [-0.3, -0.25) is 0 Å². The van der Waals surface area contributed by atoms with Gasteiger partial charge in [0.05, 0.1) is 18.3 Å². The predicted octanol–water partition coefficient (Wildman–Crippen LogP) is 5.73. The van der Waals surface area contributed by atoms with Crippen molar-refractivity contribution in [2.45, 2.75) is 0 Å². The number of rotatable bonds is 2. The quantitative estimate of drug-likeness (QED) is 0.465. The van der Waals surface area contributed by atoms with Crippen LogP contribution in [-0.2, 0) is 4.74 Å². The monoisotopic (exact) mass is 345 g/mol. The summed E-state index contributed by atoms with van der Waals surface area (Å²) < 4.78 is 20.6. The number of hydrogen-bond acceptors (Lipinski definition) is 2. The lowest BCUT2D eigenvalue weighted by Crippen LogP contribution is -2.12. The topological polar surface area (TPSA) is 31.2 Å². The number of fused-ring (bicyclic) bond motifs is 1. The molecule has 128 valence electrons. The number of nitrogens with zero attached hydrogens (tertiary/aromatic N) is 1. The van der Waals surface area contributed by atoms with Crippen LogP contribution in [0, 0.1) is 5.82 Å². The minimum absolute atomic E-state index is 0.351. The first-order chi connectivity index (χ1) is 12.7. The van der Waals surface area contributed by atoms with Gasteiger partial charge in [0.1, 0.15) is 5.82 Å². The van der Waals surface area contributed by atoms with E-state index in [1.54, 1.807) is 6.07 Å². The van der Waals surface area contributed by atoms with E-state index < -0.39 is 6.09 Å². The number of benzene rings is 3. The molecule has 0 saturated carbocycles. The molecule has 1 heterocycles. The van der Waals surface area contributed by atoms with Crippen molar-refractivity contribution >= 4 is 17.0 Å². The number of carbonyl (C=O) groups excluding carboxylic acids is 1. The van der Waals surface area contributed by atoms with E-state index in [0.29, 0.717) is 16.6 Å². The van der Waals surface area contributed by atoms with Gasteiger partial charge in [-0.25, -0.2) is 13.8 Å². The summed E-state index contributed by atoms with van der Waals surface area (Å²) in [7, 11) is 1.34. The van der Waals surface area contributed by atoms with E-state index in [2.05, 4.69) is 0 Å². The average molecular weight is 345 g/mol. The number of carbonyl (C=O) groups is 1. The van der Waals surface area contributed by atoms with Crippen molar-refractivity contribution in [3.63, 3.8) is 0 Å². The summed E-state index contributed by atoms with van der Waals surface area (Å²) in [5.74, 6) is -0.351. The van der Waals surface area contributed by atoms with Crippen LogP contribution in [0.5, 0.6) is 0 Å². The van der Waals surface area contributed by atoms with Crippen LogP contribution in [0.25, 0.3) is 33.3 Å². The number of ether oxygens (including phenoxy) is 1. The van der Waals surface area contributed by atoms with E-state index in [4.69, 9.17) is 4.74 Å². The van der Waals surface area contributed by atoms with Gasteiger partial charge >= 0.3 is 6.09 Å². The van der Waals surface area contributed by atoms with E-state index in [9.17, 15) is 9.18 Å². The predicted molar refractivity (Wildman–Crippen MR) is 101 cm³/mol. The summed E-state index contributed by atoms with van der Waals surface area (Å²) >= 11 is 0. The first kappa shape index (κ1) is 16.1. The highest BCUT2D eigenvalue weighted by molar-refractivity contribution is 6.08. The lowest BCUT2D eigenvalue weighted by atomic mass is 9.98. The molecule has 0 radical (unpaired) electrons. The number of methoxy groups -OCH3 is 1. The van der Waals surface area contributed by atoms with E-state index >= 15 is 0 Å². The third-order valence-electron chi connectivity index (χ3n) is 4.40. The fraction of sp³-hybridized carbons (Fsp3) is 0.0455. The van der Waals surface area contributed by atoms with Crippen LogP contribution in [0.1, 0.15) is 0 Å². The molecule has 0 spiro atoms. The molecule has 4 heteroatoms. The summed E-state index contributed by atoms with van der Waals surface area (Å²) in [5.41, 5.74) is 3.86. The Kier molecular flexibility index (Phi) is 4.01. The Hall–Kier alpha value is -3.40. The first-order valence-corrected chi connectivity index (χ1v) is 8.24. The molecule has 4 aromatic rings. The van der Waals surface area contributed by atoms with E-state index in [1.807, 2.05) is 60.7 Å². The number of halogens is 1. The molecule has 0 bridgehead atoms. The van der Waals surface area contributed by atoms with Crippen molar-refractivity contribution in [1.29, 1.82) is 0 Å². The molecule has 0 amide bonds. The van der Waals surface area contributed by atoms with Crippen molar-refractivity contribution in [1.82, 2.24) is 4.57 Å². The summed E-state index contributed by atoms with van der Waals surface area (Å²) in [6.07, 6.45) is -0.511. The normalized spacial score (nSPS) is 10.8. The van der Waals surface area contributed by atoms with Crippen LogP contribution in [0.2, 0.25) is 0 Å². The average Bonchev–Trinajstić information content (AvgIpc) is 3.03. The van der Waals surface area contributed by atoms with Gasteiger partial charge in [0, 0.05) is 10.9 Å². The number of aromatic nitrogens is 1. The molecule has 3 aromatic carbocycles. The molecule has 0 fully saturated rings. The molecule has 0 aliphatic rings. The van der Waals surface area contributed by atoms with Gasteiger partial charge in [-0.05, 0) is 29.3 Å². The van der Waals surface area contributed by atoms with Crippen molar-refractivity contribution in [3.05, 3.63) is 84.7 Å². The zero-order chi connectivity index (χ0) is 18.1. The summed E-state index contributed by atoms with van der Waals surface area (Å²) in [5, 5.41) is 0.667. The smallest absolute Gasteiger partial charge is 0.418 e. The minimum atomic E-state index is -0.511. The third kappa shape index (κ3) is 2.56. The highest BCUT2D eigenvalue weighted by Gasteiger charge is 2.24. The molecule has 1 aromatic heterocycles. The second kappa shape index (κ2) is 6.48. The maximum absolute atomic E-state index is 14.0. The van der Waals surface area contributed by atoms with Crippen molar-refractivity contribution < 1.29 is 13.9 Å². The van der Waals surface area contributed by atoms with Crippen LogP contribution < -0.4 is 0 Å². The van der Waals surface area contributed by atoms with Gasteiger partial charge in [0.25, 0.3) is 0 Å². The second-order valence-corrected chi connectivity index (χ2v) is 5.92. The van der Waals surface area contributed by atoms with E-state index in [1.165, 1.54) is 23.8 Å². The Bertz CT molecular complexity index is 1090. The van der Waals surface area contributed by atoms with Crippen LogP contribution in [0.4, 0.5) is 9.18 Å². The van der Waals surface area contributed by atoms with Gasteiger partial charge in [0.15, 0.2) is 0 Å². The second-order valence-electron chi connectivity index (χ2n) is 5.92. The molecule has 0 aliphatic heterocycles. The number of hydrogen-bond donors (Lipinski definition) is 0. The van der Waals surface area contributed by atoms with Crippen molar-refractivity contribution in [2.24, 2.45) is 0 Å². The van der Waals surface area contributed by atoms with Crippen molar-refractivity contribution in [2.75, 3.05) is 7.11 Å². The lowest BCUT2D eigenvalue weighted by Gasteiger charge is -2.10. The zero-order valence-corrected chi connectivity index (χ0v) is 14.1. The van der Waals surface area contributed by atoms with Gasteiger partial charge in [-0.15, -0.1) is 0 Å². The van der Waals surface area contributed by atoms with Crippen LogP contribution in [0.3, 0.4) is 0 Å². The SMILES string of the molecule is COC(=O)n1c(-c2ccccc2)c(-c2ccccc2)c2cc(F)ccc21. The van der Waals surface area contributed by atoms with E-state index in [0.717, 1.165) is 16.7 Å². The molecule has 0 unspecified atom stereocenters. The van der Waals surface area contributed by atoms with Crippen LogP contribution in [-0.4, -0.2) is 17.8 Å². The lowest BCUT2D eigenvalue weighted by molar-refractivity contribution is 0.174. The largest absolute Gasteiger partial charge is 0.452 e. The summed E-state index contributed by atoms with van der Waals surface area (Å²) in [6, 6.07) is 23.7. The molecule has 0 N–H and O–H groups in total. The minimum Gasteiger partial charge on any atom is -0.452 e. The standard InChI is InChI=1S/C22H16FNO2/c1-26-22(25)24-19-13-12-17(23)14-18(19)20(15-8-4-2-5-9-15)21(24)16-10-6-3-7-11-16/h2-14H,1H3. The van der Waals surface area contributed by atoms with Gasteiger partial charge in [-0.1, -0.05) is 60.7 Å². The molecular weight excluding hydrogens is 329 g/mol. The molecule has 0 atom stereocenters. The molecule has 26 heavy (non-hydrogen) atoms. The fourth-order valence-electron chi connectivity index (χ4n) is 3.31. The Labute approximate surface area is 150 Å². The highest BCUT2D eigenvalue weighted by Crippen LogP contribution is 2.41. The Morgan fingerprint density at radius 1 is 0.885 bits per heavy atom. The molecule has 0 saturated heterocycles. The molecule has 3 nitrogen and oxygen atoms in total. The Balaban J connectivity index is 2.20. The van der Waals surface area contributed by atoms with Crippen LogP contribution in [0.15, 0.2) is 78.9 Å². The maximum atomic E-state index is 14.0. The third-order valence-corrected chi connectivity index (χ3v) is 4.40. The fourth-order valence-corrected chi connectivity index (χ4v) is 3.31. The highest BCUT2D eigenvalue weighted by atomic mass is 19.1. The van der Waals surface area contributed by atoms with Gasteiger partial charge in [-0.2, -0.15) is 0 Å². The summed E-state index contributed by atoms with van der Waals surface area (Å²) in [6.45, 7) is 0. The van der Waals surface area contributed by atoms with Gasteiger partial charge in [0.2, 0.25) is 0 Å². The maximum Gasteiger partial charge on any atom is 0.418 e. The zero-order valence-electron chi connectivity index (χ0n) is 14.1. The summed E-state index contributed by atoms with van der Waals surface area (Å²) in [4.78, 5) is 12.6. The molecule has 4 rings (SSSR count). The molecular formula is C22H16FNO2. The first-order valence-electron chi connectivity index (χ1n) is 8.24. The Morgan fingerprint density at radius 3 is 2.12 bits per heavy atom. The van der Waals surface area contributed by atoms with Crippen LogP contribution >= 0.6 is 0 Å².